The van der Waals surface area contributed by atoms with Gasteiger partial charge in [-0.15, -0.1) is 0 Å². The predicted octanol–water partition coefficient (Wildman–Crippen LogP) is 1.99. The van der Waals surface area contributed by atoms with Gasteiger partial charge >= 0.3 is 0 Å². The van der Waals surface area contributed by atoms with Crippen LogP contribution in [0.3, 0.4) is 0 Å². The lowest BCUT2D eigenvalue weighted by atomic mass is 10.0. The van der Waals surface area contributed by atoms with E-state index in [0.29, 0.717) is 18.5 Å². The van der Waals surface area contributed by atoms with Crippen molar-refractivity contribution in [3.63, 3.8) is 0 Å². The molecule has 0 bridgehead atoms. The Morgan fingerprint density at radius 1 is 1.50 bits per heavy atom. The van der Waals surface area contributed by atoms with Crippen molar-refractivity contribution in [2.75, 3.05) is 13.1 Å². The average molecular weight is 222 g/mol. The van der Waals surface area contributed by atoms with Gasteiger partial charge in [-0.25, -0.2) is 4.39 Å². The Bertz CT molecular complexity index is 354. The van der Waals surface area contributed by atoms with Gasteiger partial charge in [0.05, 0.1) is 0 Å². The molecule has 88 valence electrons. The summed E-state index contributed by atoms with van der Waals surface area (Å²) in [6.45, 7) is 4.81. The van der Waals surface area contributed by atoms with Crippen LogP contribution in [0.15, 0.2) is 24.3 Å². The first-order valence-corrected chi connectivity index (χ1v) is 5.89. The fourth-order valence-corrected chi connectivity index (χ4v) is 2.54. The highest BCUT2D eigenvalue weighted by atomic mass is 19.1. The monoisotopic (exact) mass is 222 g/mol. The molecule has 3 heteroatoms. The smallest absolute Gasteiger partial charge is 0.123 e. The van der Waals surface area contributed by atoms with Crippen LogP contribution in [0, 0.1) is 11.7 Å². The Morgan fingerprint density at radius 3 is 3.00 bits per heavy atom. The molecule has 1 aliphatic rings. The van der Waals surface area contributed by atoms with Crippen molar-refractivity contribution < 1.29 is 4.39 Å². The van der Waals surface area contributed by atoms with Gasteiger partial charge in [0.15, 0.2) is 0 Å². The zero-order chi connectivity index (χ0) is 11.5. The summed E-state index contributed by atoms with van der Waals surface area (Å²) in [7, 11) is 0. The van der Waals surface area contributed by atoms with Gasteiger partial charge in [-0.2, -0.15) is 0 Å². The largest absolute Gasteiger partial charge is 0.329 e. The SMILES string of the molecule is CC1CCN(Cc2cccc(F)c2)C1CN. The number of benzene rings is 1. The third kappa shape index (κ3) is 2.42. The first-order chi connectivity index (χ1) is 7.70. The normalized spacial score (nSPS) is 26.2. The number of hydrogen-bond donors (Lipinski definition) is 1. The molecule has 0 amide bonds. The fourth-order valence-electron chi connectivity index (χ4n) is 2.54. The molecule has 2 nitrogen and oxygen atoms in total. The minimum Gasteiger partial charge on any atom is -0.329 e. The quantitative estimate of drug-likeness (QED) is 0.847. The molecule has 0 aromatic heterocycles. The fraction of sp³-hybridized carbons (Fsp3) is 0.538. The molecule has 1 aromatic rings. The van der Waals surface area contributed by atoms with E-state index in [1.807, 2.05) is 6.07 Å². The highest BCUT2D eigenvalue weighted by Crippen LogP contribution is 2.24. The van der Waals surface area contributed by atoms with Crippen LogP contribution < -0.4 is 5.73 Å². The molecule has 2 unspecified atom stereocenters. The highest BCUT2D eigenvalue weighted by Gasteiger charge is 2.29. The summed E-state index contributed by atoms with van der Waals surface area (Å²) in [5.74, 6) is 0.493. The maximum absolute atomic E-state index is 13.1. The van der Waals surface area contributed by atoms with E-state index in [1.165, 1.54) is 12.5 Å². The molecule has 1 aromatic carbocycles. The van der Waals surface area contributed by atoms with Crippen molar-refractivity contribution in [3.8, 4) is 0 Å². The summed E-state index contributed by atoms with van der Waals surface area (Å²) in [6.07, 6.45) is 1.19. The van der Waals surface area contributed by atoms with Gasteiger partial charge < -0.3 is 5.73 Å². The van der Waals surface area contributed by atoms with Crippen molar-refractivity contribution in [1.82, 2.24) is 4.90 Å². The van der Waals surface area contributed by atoms with Gasteiger partial charge in [-0.3, -0.25) is 4.90 Å². The van der Waals surface area contributed by atoms with Gasteiger partial charge in [0, 0.05) is 19.1 Å². The van der Waals surface area contributed by atoms with Crippen molar-refractivity contribution in [2.24, 2.45) is 11.7 Å². The Hall–Kier alpha value is -0.930. The lowest BCUT2D eigenvalue weighted by Crippen LogP contribution is -2.37. The first kappa shape index (κ1) is 11.6. The van der Waals surface area contributed by atoms with Crippen LogP contribution in [0.1, 0.15) is 18.9 Å². The minimum atomic E-state index is -0.158. The second kappa shape index (κ2) is 4.93. The molecular weight excluding hydrogens is 203 g/mol. The molecular formula is C13H19FN2. The number of nitrogens with zero attached hydrogens (tertiary/aromatic N) is 1. The second-order valence-electron chi connectivity index (χ2n) is 4.67. The molecule has 16 heavy (non-hydrogen) atoms. The molecule has 2 rings (SSSR count). The van der Waals surface area contributed by atoms with E-state index in [4.69, 9.17) is 5.73 Å². The van der Waals surface area contributed by atoms with E-state index in [9.17, 15) is 4.39 Å². The van der Waals surface area contributed by atoms with Crippen LogP contribution in [0.2, 0.25) is 0 Å². The zero-order valence-corrected chi connectivity index (χ0v) is 9.70. The summed E-state index contributed by atoms with van der Waals surface area (Å²) in [4.78, 5) is 2.36. The summed E-state index contributed by atoms with van der Waals surface area (Å²) in [5, 5.41) is 0. The molecule has 1 fully saturated rings. The Morgan fingerprint density at radius 2 is 2.31 bits per heavy atom. The standard InChI is InChI=1S/C13H19FN2/c1-10-5-6-16(13(10)8-15)9-11-3-2-4-12(14)7-11/h2-4,7,10,13H,5-6,8-9,15H2,1H3. The molecule has 2 N–H and O–H groups in total. The van der Waals surface area contributed by atoms with Gasteiger partial charge in [0.1, 0.15) is 5.82 Å². The maximum atomic E-state index is 13.1. The molecule has 0 saturated carbocycles. The summed E-state index contributed by atoms with van der Waals surface area (Å²) in [5.41, 5.74) is 6.82. The third-order valence-electron chi connectivity index (χ3n) is 3.51. The van der Waals surface area contributed by atoms with Crippen LogP contribution in [0.4, 0.5) is 4.39 Å². The van der Waals surface area contributed by atoms with E-state index in [0.717, 1.165) is 18.7 Å². The summed E-state index contributed by atoms with van der Waals surface area (Å²) >= 11 is 0. The van der Waals surface area contributed by atoms with Gasteiger partial charge in [0.2, 0.25) is 0 Å². The highest BCUT2D eigenvalue weighted by molar-refractivity contribution is 5.16. The average Bonchev–Trinajstić information content (AvgIpc) is 2.59. The van der Waals surface area contributed by atoms with Crippen molar-refractivity contribution in [2.45, 2.75) is 25.9 Å². The molecule has 1 saturated heterocycles. The van der Waals surface area contributed by atoms with Crippen molar-refractivity contribution in [3.05, 3.63) is 35.6 Å². The number of likely N-dealkylation sites (tertiary alicyclic amines) is 1. The number of halogens is 1. The molecule has 0 spiro atoms. The second-order valence-corrected chi connectivity index (χ2v) is 4.67. The van der Waals surface area contributed by atoms with Crippen LogP contribution in [0.25, 0.3) is 0 Å². The van der Waals surface area contributed by atoms with E-state index in [1.54, 1.807) is 12.1 Å². The lowest BCUT2D eigenvalue weighted by molar-refractivity contribution is 0.228. The molecule has 0 radical (unpaired) electrons. The number of nitrogens with two attached hydrogens (primary N) is 1. The summed E-state index contributed by atoms with van der Waals surface area (Å²) in [6, 6.07) is 7.28. The van der Waals surface area contributed by atoms with Crippen molar-refractivity contribution in [1.29, 1.82) is 0 Å². The first-order valence-electron chi connectivity index (χ1n) is 5.89. The Labute approximate surface area is 96.2 Å². The van der Waals surface area contributed by atoms with Crippen LogP contribution in [-0.2, 0) is 6.54 Å². The van der Waals surface area contributed by atoms with Gasteiger partial charge in [-0.05, 0) is 36.6 Å². The maximum Gasteiger partial charge on any atom is 0.123 e. The van der Waals surface area contributed by atoms with E-state index in [2.05, 4.69) is 11.8 Å². The van der Waals surface area contributed by atoms with Crippen LogP contribution in [-0.4, -0.2) is 24.0 Å². The van der Waals surface area contributed by atoms with E-state index in [-0.39, 0.29) is 5.82 Å². The number of rotatable bonds is 3. The molecule has 0 aliphatic carbocycles. The molecule has 2 atom stereocenters. The van der Waals surface area contributed by atoms with Crippen molar-refractivity contribution >= 4 is 0 Å². The summed E-state index contributed by atoms with van der Waals surface area (Å²) < 4.78 is 13.1. The van der Waals surface area contributed by atoms with E-state index >= 15 is 0 Å². The number of hydrogen-bond acceptors (Lipinski definition) is 2. The van der Waals surface area contributed by atoms with Gasteiger partial charge in [0.25, 0.3) is 0 Å². The predicted molar refractivity (Wildman–Crippen MR) is 63.4 cm³/mol. The third-order valence-corrected chi connectivity index (χ3v) is 3.51. The molecule has 1 heterocycles. The molecule has 1 aliphatic heterocycles. The lowest BCUT2D eigenvalue weighted by Gasteiger charge is -2.25. The van der Waals surface area contributed by atoms with Gasteiger partial charge in [-0.1, -0.05) is 19.1 Å². The van der Waals surface area contributed by atoms with E-state index < -0.39 is 0 Å². The Kier molecular flexibility index (Phi) is 3.56. The minimum absolute atomic E-state index is 0.158. The Balaban J connectivity index is 2.04. The topological polar surface area (TPSA) is 29.3 Å². The zero-order valence-electron chi connectivity index (χ0n) is 9.70. The van der Waals surface area contributed by atoms with Crippen LogP contribution in [0.5, 0.6) is 0 Å². The van der Waals surface area contributed by atoms with Crippen LogP contribution >= 0.6 is 0 Å².